The van der Waals surface area contributed by atoms with Crippen LogP contribution in [0.4, 0.5) is 0 Å². The number of aryl methyl sites for hydroxylation is 1. The van der Waals surface area contributed by atoms with Crippen molar-refractivity contribution in [3.8, 4) is 10.7 Å². The molecular weight excluding hydrogens is 366 g/mol. The normalized spacial score (nSPS) is 11.4. The first kappa shape index (κ1) is 17.2. The number of aromatic nitrogens is 2. The Hall–Kier alpha value is -2.22. The zero-order chi connectivity index (χ0) is 17.6. The van der Waals surface area contributed by atoms with Gasteiger partial charge in [0, 0.05) is 17.8 Å². The Bertz CT molecular complexity index is 847. The minimum atomic E-state index is 0.682. The second-order valence-corrected chi connectivity index (χ2v) is 7.94. The molecule has 4 aromatic heterocycles. The van der Waals surface area contributed by atoms with Crippen LogP contribution in [0.1, 0.15) is 22.9 Å². The summed E-state index contributed by atoms with van der Waals surface area (Å²) in [5, 5.41) is 8.21. The number of hydrogen-bond acceptors (Lipinski definition) is 7. The quantitative estimate of drug-likeness (QED) is 0.402. The third kappa shape index (κ3) is 4.49. The molecule has 0 aliphatic carbocycles. The number of rotatable bonds is 9. The smallest absolute Gasteiger partial charge is 0.227 e. The van der Waals surface area contributed by atoms with E-state index in [0.29, 0.717) is 11.7 Å². The van der Waals surface area contributed by atoms with E-state index in [9.17, 15) is 0 Å². The minimum Gasteiger partial charge on any atom is -0.468 e. The summed E-state index contributed by atoms with van der Waals surface area (Å²) in [6.07, 6.45) is 3.46. The molecule has 4 heterocycles. The van der Waals surface area contributed by atoms with Crippen LogP contribution in [0.15, 0.2) is 62.4 Å². The predicted octanol–water partition coefficient (Wildman–Crippen LogP) is 5.09. The van der Waals surface area contributed by atoms with Crippen molar-refractivity contribution < 1.29 is 8.94 Å². The van der Waals surface area contributed by atoms with Gasteiger partial charge in [0.2, 0.25) is 11.7 Å². The van der Waals surface area contributed by atoms with Gasteiger partial charge in [-0.2, -0.15) is 4.98 Å². The fourth-order valence-corrected chi connectivity index (χ4v) is 4.17. The summed E-state index contributed by atoms with van der Waals surface area (Å²) in [5.74, 6) is 2.36. The standard InChI is InChI=1S/C19H19N3O2S2/c1(8-18-20-19(21-24-18)17-7-4-12-26-17)9-22(13-15-5-2-10-23-15)14-16-6-3-11-25-16/h2-7,10-12H,1,8-9,13-14H2. The first-order valence-electron chi connectivity index (χ1n) is 8.50. The van der Waals surface area contributed by atoms with E-state index in [2.05, 4.69) is 32.6 Å². The highest BCUT2D eigenvalue weighted by Crippen LogP contribution is 2.22. The summed E-state index contributed by atoms with van der Waals surface area (Å²) in [6, 6.07) is 12.2. The molecule has 4 rings (SSSR count). The molecule has 4 aromatic rings. The lowest BCUT2D eigenvalue weighted by Gasteiger charge is -2.20. The average molecular weight is 386 g/mol. The molecule has 0 fully saturated rings. The topological polar surface area (TPSA) is 55.3 Å². The fraction of sp³-hybridized carbons (Fsp3) is 0.263. The number of nitrogens with zero attached hydrogens (tertiary/aromatic N) is 3. The van der Waals surface area contributed by atoms with Crippen molar-refractivity contribution in [1.29, 1.82) is 0 Å². The molecule has 0 aromatic carbocycles. The Morgan fingerprint density at radius 3 is 2.69 bits per heavy atom. The van der Waals surface area contributed by atoms with Crippen LogP contribution < -0.4 is 0 Å². The molecule has 0 aliphatic rings. The molecule has 0 bridgehead atoms. The molecule has 5 nitrogen and oxygen atoms in total. The van der Waals surface area contributed by atoms with Crippen LogP contribution in [-0.4, -0.2) is 21.6 Å². The molecular formula is C19H19N3O2S2. The van der Waals surface area contributed by atoms with Gasteiger partial charge in [-0.3, -0.25) is 4.90 Å². The molecule has 26 heavy (non-hydrogen) atoms. The van der Waals surface area contributed by atoms with Crippen molar-refractivity contribution >= 4 is 22.7 Å². The maximum atomic E-state index is 5.51. The van der Waals surface area contributed by atoms with Crippen LogP contribution in [-0.2, 0) is 19.5 Å². The average Bonchev–Trinajstić information content (AvgIpc) is 3.42. The van der Waals surface area contributed by atoms with Crippen LogP contribution in [0.3, 0.4) is 0 Å². The van der Waals surface area contributed by atoms with Crippen molar-refractivity contribution in [2.75, 3.05) is 6.54 Å². The maximum absolute atomic E-state index is 5.51. The van der Waals surface area contributed by atoms with Gasteiger partial charge in [-0.05, 0) is 48.0 Å². The third-order valence-electron chi connectivity index (χ3n) is 3.99. The Morgan fingerprint density at radius 2 is 1.92 bits per heavy atom. The molecule has 0 radical (unpaired) electrons. The Kier molecular flexibility index (Phi) is 5.59. The molecule has 0 saturated heterocycles. The van der Waals surface area contributed by atoms with E-state index in [4.69, 9.17) is 8.94 Å². The maximum Gasteiger partial charge on any atom is 0.227 e. The first-order valence-corrected chi connectivity index (χ1v) is 10.3. The van der Waals surface area contributed by atoms with E-state index in [-0.39, 0.29) is 0 Å². The molecule has 0 spiro atoms. The van der Waals surface area contributed by atoms with Crippen LogP contribution in [0.5, 0.6) is 0 Å². The van der Waals surface area contributed by atoms with Crippen molar-refractivity contribution in [3.05, 3.63) is 69.9 Å². The lowest BCUT2D eigenvalue weighted by molar-refractivity contribution is 0.231. The van der Waals surface area contributed by atoms with Gasteiger partial charge in [0.05, 0.1) is 17.7 Å². The van der Waals surface area contributed by atoms with Gasteiger partial charge < -0.3 is 8.94 Å². The molecule has 0 amide bonds. The number of furan rings is 1. The van der Waals surface area contributed by atoms with E-state index in [1.165, 1.54) is 4.88 Å². The van der Waals surface area contributed by atoms with Crippen molar-refractivity contribution in [2.45, 2.75) is 25.9 Å². The summed E-state index contributed by atoms with van der Waals surface area (Å²) in [6.45, 7) is 2.66. The Labute approximate surface area is 159 Å². The summed E-state index contributed by atoms with van der Waals surface area (Å²) >= 11 is 3.40. The summed E-state index contributed by atoms with van der Waals surface area (Å²) < 4.78 is 10.9. The summed E-state index contributed by atoms with van der Waals surface area (Å²) in [4.78, 5) is 9.28. The van der Waals surface area contributed by atoms with E-state index in [1.54, 1.807) is 28.9 Å². The van der Waals surface area contributed by atoms with E-state index in [0.717, 1.165) is 43.1 Å². The van der Waals surface area contributed by atoms with Gasteiger partial charge in [0.15, 0.2) is 0 Å². The van der Waals surface area contributed by atoms with Crippen molar-refractivity contribution in [1.82, 2.24) is 15.0 Å². The highest BCUT2D eigenvalue weighted by Gasteiger charge is 2.12. The summed E-state index contributed by atoms with van der Waals surface area (Å²) in [5.41, 5.74) is 0. The highest BCUT2D eigenvalue weighted by atomic mass is 32.1. The van der Waals surface area contributed by atoms with Gasteiger partial charge in [-0.1, -0.05) is 17.3 Å². The first-order chi connectivity index (χ1) is 12.9. The molecule has 0 aliphatic heterocycles. The van der Waals surface area contributed by atoms with E-state index >= 15 is 0 Å². The van der Waals surface area contributed by atoms with Crippen LogP contribution in [0, 0.1) is 0 Å². The molecule has 134 valence electrons. The van der Waals surface area contributed by atoms with Crippen molar-refractivity contribution in [3.63, 3.8) is 0 Å². The van der Waals surface area contributed by atoms with Gasteiger partial charge in [-0.15, -0.1) is 22.7 Å². The lowest BCUT2D eigenvalue weighted by Crippen LogP contribution is -2.23. The molecule has 0 atom stereocenters. The largest absolute Gasteiger partial charge is 0.468 e. The third-order valence-corrected chi connectivity index (χ3v) is 5.72. The van der Waals surface area contributed by atoms with Crippen LogP contribution in [0.2, 0.25) is 0 Å². The molecule has 0 N–H and O–H groups in total. The van der Waals surface area contributed by atoms with Crippen molar-refractivity contribution in [2.24, 2.45) is 0 Å². The van der Waals surface area contributed by atoms with Gasteiger partial charge in [0.25, 0.3) is 0 Å². The highest BCUT2D eigenvalue weighted by molar-refractivity contribution is 7.13. The lowest BCUT2D eigenvalue weighted by atomic mass is 10.2. The molecule has 0 unspecified atom stereocenters. The van der Waals surface area contributed by atoms with E-state index in [1.807, 2.05) is 29.6 Å². The minimum absolute atomic E-state index is 0.682. The zero-order valence-electron chi connectivity index (χ0n) is 14.2. The van der Waals surface area contributed by atoms with Crippen LogP contribution in [0.25, 0.3) is 10.7 Å². The summed E-state index contributed by atoms with van der Waals surface area (Å²) in [7, 11) is 0. The van der Waals surface area contributed by atoms with Gasteiger partial charge in [-0.25, -0.2) is 0 Å². The fourth-order valence-electron chi connectivity index (χ4n) is 2.78. The molecule has 7 heteroatoms. The van der Waals surface area contributed by atoms with Gasteiger partial charge >= 0.3 is 0 Å². The monoisotopic (exact) mass is 385 g/mol. The Morgan fingerprint density at radius 1 is 1.00 bits per heavy atom. The zero-order valence-corrected chi connectivity index (χ0v) is 15.8. The van der Waals surface area contributed by atoms with Gasteiger partial charge in [0.1, 0.15) is 5.76 Å². The van der Waals surface area contributed by atoms with Crippen LogP contribution >= 0.6 is 22.7 Å². The predicted molar refractivity (Wildman–Crippen MR) is 103 cm³/mol. The second kappa shape index (κ2) is 8.44. The SMILES string of the molecule is c1coc(CN(CCCc2nc(-c3cccs3)no2)Cc2cccs2)c1. The molecule has 0 saturated carbocycles. The Balaban J connectivity index is 1.33. The number of hydrogen-bond donors (Lipinski definition) is 0. The van der Waals surface area contributed by atoms with E-state index < -0.39 is 0 Å². The number of thiophene rings is 2. The second-order valence-electron chi connectivity index (χ2n) is 5.96.